The average Bonchev–Trinajstić information content (AvgIpc) is 2.56. The molecule has 0 spiro atoms. The zero-order chi connectivity index (χ0) is 19.5. The number of carbonyl (C=O) groups is 2. The fraction of sp³-hybridized carbons (Fsp3) is 0.500. The molecule has 0 saturated carbocycles. The molecule has 0 radical (unpaired) electrons. The monoisotopic (exact) mass is 399 g/mol. The van der Waals surface area contributed by atoms with Crippen LogP contribution in [-0.2, 0) is 14.3 Å². The Morgan fingerprint density at radius 1 is 1.15 bits per heavy atom. The first kappa shape index (κ1) is 22.5. The Balaban J connectivity index is 2.20. The standard InChI is InChI=1S/C20H27Cl2NO3/c1-14(2)5-4-6-15(3)11-12-26-20(25)10-9-19(24)23-16-7-8-17(21)18(22)13-16/h5,7-8,13,15H,4,6,9-12H2,1-3H3,(H,23,24). The van der Waals surface area contributed by atoms with Crippen LogP contribution in [-0.4, -0.2) is 18.5 Å². The summed E-state index contributed by atoms with van der Waals surface area (Å²) in [5, 5.41) is 3.46. The summed E-state index contributed by atoms with van der Waals surface area (Å²) in [5.41, 5.74) is 1.87. The third-order valence-electron chi connectivity index (χ3n) is 3.85. The SMILES string of the molecule is CC(C)=CCCC(C)CCOC(=O)CCC(=O)Nc1ccc(Cl)c(Cl)c1. The molecule has 1 N–H and O–H groups in total. The highest BCUT2D eigenvalue weighted by Crippen LogP contribution is 2.25. The Kier molecular flexibility index (Phi) is 10.4. The molecule has 144 valence electrons. The lowest BCUT2D eigenvalue weighted by atomic mass is 10.0. The van der Waals surface area contributed by atoms with Crippen LogP contribution in [0.2, 0.25) is 10.0 Å². The molecule has 0 aliphatic heterocycles. The van der Waals surface area contributed by atoms with Gasteiger partial charge in [0.2, 0.25) is 5.91 Å². The lowest BCUT2D eigenvalue weighted by Gasteiger charge is -2.11. The molecule has 0 aliphatic rings. The Labute approximate surface area is 165 Å². The first-order valence-corrected chi connectivity index (χ1v) is 9.57. The van der Waals surface area contributed by atoms with Crippen molar-refractivity contribution in [3.8, 4) is 0 Å². The number of carbonyl (C=O) groups excluding carboxylic acids is 2. The molecule has 4 nitrogen and oxygen atoms in total. The molecule has 1 rings (SSSR count). The van der Waals surface area contributed by atoms with Gasteiger partial charge < -0.3 is 10.1 Å². The van der Waals surface area contributed by atoms with Gasteiger partial charge in [-0.05, 0) is 57.2 Å². The molecular weight excluding hydrogens is 373 g/mol. The average molecular weight is 400 g/mol. The Bertz CT molecular complexity index is 640. The summed E-state index contributed by atoms with van der Waals surface area (Å²) in [4.78, 5) is 23.6. The normalized spacial score (nSPS) is 11.6. The van der Waals surface area contributed by atoms with E-state index in [4.69, 9.17) is 27.9 Å². The van der Waals surface area contributed by atoms with Crippen molar-refractivity contribution in [2.45, 2.75) is 52.9 Å². The predicted octanol–water partition coefficient (Wildman–Crippen LogP) is 6.03. The second kappa shape index (κ2) is 12.0. The number of amides is 1. The fourth-order valence-corrected chi connectivity index (χ4v) is 2.56. The number of anilines is 1. The Morgan fingerprint density at radius 2 is 1.88 bits per heavy atom. The van der Waals surface area contributed by atoms with E-state index in [0.29, 0.717) is 28.3 Å². The molecule has 6 heteroatoms. The predicted molar refractivity (Wildman–Crippen MR) is 108 cm³/mol. The van der Waals surface area contributed by atoms with Gasteiger partial charge in [-0.2, -0.15) is 0 Å². The third kappa shape index (κ3) is 9.83. The molecule has 1 unspecified atom stereocenters. The minimum absolute atomic E-state index is 0.0549. The summed E-state index contributed by atoms with van der Waals surface area (Å²) in [6, 6.07) is 4.82. The van der Waals surface area contributed by atoms with Gasteiger partial charge in [0.1, 0.15) is 0 Å². The van der Waals surface area contributed by atoms with E-state index in [1.165, 1.54) is 5.57 Å². The van der Waals surface area contributed by atoms with Gasteiger partial charge in [0.25, 0.3) is 0 Å². The number of allylic oxidation sites excluding steroid dienone is 2. The summed E-state index contributed by atoms with van der Waals surface area (Å²) < 4.78 is 5.20. The van der Waals surface area contributed by atoms with Crippen LogP contribution in [0.1, 0.15) is 52.9 Å². The van der Waals surface area contributed by atoms with Crippen LogP contribution >= 0.6 is 23.2 Å². The van der Waals surface area contributed by atoms with E-state index in [1.54, 1.807) is 18.2 Å². The van der Waals surface area contributed by atoms with Crippen molar-refractivity contribution in [2.75, 3.05) is 11.9 Å². The minimum Gasteiger partial charge on any atom is -0.466 e. The minimum atomic E-state index is -0.356. The highest BCUT2D eigenvalue weighted by molar-refractivity contribution is 6.42. The van der Waals surface area contributed by atoms with Crippen LogP contribution in [0.3, 0.4) is 0 Å². The smallest absolute Gasteiger partial charge is 0.306 e. The number of hydrogen-bond donors (Lipinski definition) is 1. The third-order valence-corrected chi connectivity index (χ3v) is 4.58. The van der Waals surface area contributed by atoms with Gasteiger partial charge in [0.05, 0.1) is 23.1 Å². The van der Waals surface area contributed by atoms with Crippen molar-refractivity contribution in [1.29, 1.82) is 0 Å². The second-order valence-electron chi connectivity index (χ2n) is 6.65. The number of rotatable bonds is 10. The zero-order valence-corrected chi connectivity index (χ0v) is 17.1. The summed E-state index contributed by atoms with van der Waals surface area (Å²) in [7, 11) is 0. The lowest BCUT2D eigenvalue weighted by molar-refractivity contribution is -0.145. The van der Waals surface area contributed by atoms with Crippen LogP contribution < -0.4 is 5.32 Å². The number of halogens is 2. The summed E-state index contributed by atoms with van der Waals surface area (Å²) in [5.74, 6) is -0.127. The lowest BCUT2D eigenvalue weighted by Crippen LogP contribution is -2.15. The molecule has 0 aliphatic carbocycles. The van der Waals surface area contributed by atoms with E-state index in [-0.39, 0.29) is 24.7 Å². The highest BCUT2D eigenvalue weighted by Gasteiger charge is 2.10. The maximum atomic E-state index is 11.9. The van der Waals surface area contributed by atoms with Gasteiger partial charge in [-0.15, -0.1) is 0 Å². The topological polar surface area (TPSA) is 55.4 Å². The molecule has 0 saturated heterocycles. The van der Waals surface area contributed by atoms with E-state index in [1.807, 2.05) is 0 Å². The van der Waals surface area contributed by atoms with Crippen molar-refractivity contribution in [3.63, 3.8) is 0 Å². The van der Waals surface area contributed by atoms with Gasteiger partial charge in [-0.25, -0.2) is 0 Å². The van der Waals surface area contributed by atoms with Crippen LogP contribution in [0.15, 0.2) is 29.8 Å². The summed E-state index contributed by atoms with van der Waals surface area (Å²) in [6.45, 7) is 6.72. The second-order valence-corrected chi connectivity index (χ2v) is 7.46. The van der Waals surface area contributed by atoms with Crippen molar-refractivity contribution >= 4 is 40.8 Å². The first-order valence-electron chi connectivity index (χ1n) is 8.81. The number of benzene rings is 1. The zero-order valence-electron chi connectivity index (χ0n) is 15.6. The molecule has 0 heterocycles. The van der Waals surface area contributed by atoms with E-state index in [2.05, 4.69) is 32.2 Å². The molecule has 1 atom stereocenters. The van der Waals surface area contributed by atoms with Crippen LogP contribution in [0.5, 0.6) is 0 Å². The van der Waals surface area contributed by atoms with Crippen molar-refractivity contribution < 1.29 is 14.3 Å². The molecule has 0 aromatic heterocycles. The molecule has 1 amide bonds. The van der Waals surface area contributed by atoms with Crippen LogP contribution in [0.25, 0.3) is 0 Å². The molecular formula is C20H27Cl2NO3. The summed E-state index contributed by atoms with van der Waals surface area (Å²) >= 11 is 11.7. The van der Waals surface area contributed by atoms with Crippen molar-refractivity contribution in [2.24, 2.45) is 5.92 Å². The van der Waals surface area contributed by atoms with Gasteiger partial charge in [-0.1, -0.05) is 41.8 Å². The van der Waals surface area contributed by atoms with E-state index < -0.39 is 0 Å². The number of ether oxygens (including phenoxy) is 1. The van der Waals surface area contributed by atoms with Gasteiger partial charge in [0, 0.05) is 12.1 Å². The Hall–Kier alpha value is -1.52. The van der Waals surface area contributed by atoms with Crippen molar-refractivity contribution in [1.82, 2.24) is 0 Å². The van der Waals surface area contributed by atoms with Crippen molar-refractivity contribution in [3.05, 3.63) is 39.9 Å². The van der Waals surface area contributed by atoms with E-state index >= 15 is 0 Å². The fourth-order valence-electron chi connectivity index (χ4n) is 2.26. The Morgan fingerprint density at radius 3 is 2.54 bits per heavy atom. The summed E-state index contributed by atoms with van der Waals surface area (Å²) in [6.07, 6.45) is 5.29. The molecule has 1 aromatic rings. The highest BCUT2D eigenvalue weighted by atomic mass is 35.5. The van der Waals surface area contributed by atoms with Gasteiger partial charge >= 0.3 is 5.97 Å². The van der Waals surface area contributed by atoms with E-state index in [9.17, 15) is 9.59 Å². The first-order chi connectivity index (χ1) is 12.3. The van der Waals surface area contributed by atoms with Crippen LogP contribution in [0, 0.1) is 5.92 Å². The maximum absolute atomic E-state index is 11.9. The van der Waals surface area contributed by atoms with Gasteiger partial charge in [0.15, 0.2) is 0 Å². The van der Waals surface area contributed by atoms with Crippen LogP contribution in [0.4, 0.5) is 5.69 Å². The maximum Gasteiger partial charge on any atom is 0.306 e. The molecule has 0 fully saturated rings. The number of nitrogens with one attached hydrogen (secondary N) is 1. The van der Waals surface area contributed by atoms with Gasteiger partial charge in [-0.3, -0.25) is 9.59 Å². The quantitative estimate of drug-likeness (QED) is 0.386. The van der Waals surface area contributed by atoms with E-state index in [0.717, 1.165) is 19.3 Å². The molecule has 0 bridgehead atoms. The number of esters is 1. The molecule has 26 heavy (non-hydrogen) atoms. The largest absolute Gasteiger partial charge is 0.466 e. The molecule has 1 aromatic carbocycles. The number of hydrogen-bond acceptors (Lipinski definition) is 3.